The summed E-state index contributed by atoms with van der Waals surface area (Å²) in [4.78, 5) is 30.3. The van der Waals surface area contributed by atoms with Crippen LogP contribution in [0.4, 0.5) is 11.5 Å². The number of thioether (sulfide) groups is 1. The van der Waals surface area contributed by atoms with Crippen LogP contribution in [-0.4, -0.2) is 35.0 Å². The van der Waals surface area contributed by atoms with E-state index in [1.807, 2.05) is 44.2 Å². The van der Waals surface area contributed by atoms with Gasteiger partial charge in [-0.1, -0.05) is 30.0 Å². The lowest BCUT2D eigenvalue weighted by molar-refractivity contribution is -0.113. The molecule has 0 bridgehead atoms. The molecular formula is C23H25N5O3S. The normalized spacial score (nSPS) is 10.5. The first-order valence-corrected chi connectivity index (χ1v) is 10.8. The molecule has 0 unspecified atom stereocenters. The smallest absolute Gasteiger partial charge is 0.263 e. The average molecular weight is 452 g/mol. The Bertz CT molecular complexity index is 1220. The third-order valence-corrected chi connectivity index (χ3v) is 5.86. The molecule has 1 amide bonds. The number of carbonyl (C=O) groups excluding carboxylic acids is 1. The van der Waals surface area contributed by atoms with Gasteiger partial charge in [-0.3, -0.25) is 19.6 Å². The molecule has 2 aromatic carbocycles. The summed E-state index contributed by atoms with van der Waals surface area (Å²) in [6.45, 7) is 9.06. The van der Waals surface area contributed by atoms with Crippen molar-refractivity contribution >= 4 is 35.9 Å². The molecule has 9 heteroatoms. The molecule has 3 aromatic rings. The summed E-state index contributed by atoms with van der Waals surface area (Å²) in [5.41, 5.74) is 6.23. The van der Waals surface area contributed by atoms with Gasteiger partial charge in [0.1, 0.15) is 5.75 Å². The molecule has 1 heterocycles. The van der Waals surface area contributed by atoms with E-state index in [4.69, 9.17) is 4.74 Å². The maximum absolute atomic E-state index is 13.2. The average Bonchev–Trinajstić information content (AvgIpc) is 2.78. The summed E-state index contributed by atoms with van der Waals surface area (Å²) < 4.78 is 6.79. The van der Waals surface area contributed by atoms with Gasteiger partial charge in [-0.05, 0) is 56.2 Å². The Hall–Kier alpha value is -3.59. The first-order valence-electron chi connectivity index (χ1n) is 9.84. The Morgan fingerprint density at radius 1 is 1.19 bits per heavy atom. The van der Waals surface area contributed by atoms with Crippen LogP contribution in [0.3, 0.4) is 0 Å². The maximum atomic E-state index is 13.2. The zero-order valence-corrected chi connectivity index (χ0v) is 19.2. The largest absolute Gasteiger partial charge is 0.495 e. The van der Waals surface area contributed by atoms with Crippen LogP contribution in [-0.2, 0) is 4.79 Å². The Kier molecular flexibility index (Phi) is 7.32. The summed E-state index contributed by atoms with van der Waals surface area (Å²) >= 11 is 1.15. The number of hydrogen-bond acceptors (Lipinski definition) is 7. The number of methoxy groups -OCH3 is 1. The molecule has 0 saturated heterocycles. The molecule has 166 valence electrons. The second-order valence-corrected chi connectivity index (χ2v) is 8.03. The fraction of sp³-hybridized carbons (Fsp3) is 0.217. The molecule has 0 atom stereocenters. The first kappa shape index (κ1) is 23.1. The van der Waals surface area contributed by atoms with E-state index in [9.17, 15) is 9.59 Å². The standard InChI is InChI=1S/C23H25N5O3S/c1-14-10-11-17(12-15(14)2)28-22(30)16(3)21(27-24-4)26-23(28)32-13-20(29)25-18-8-6-7-9-19(18)31-5/h6-12,27H,4,13H2,1-3,5H3,(H,25,29). The number of aromatic nitrogens is 2. The maximum Gasteiger partial charge on any atom is 0.263 e. The van der Waals surface area contributed by atoms with Crippen LogP contribution in [0, 0.1) is 20.8 Å². The van der Waals surface area contributed by atoms with Gasteiger partial charge < -0.3 is 10.1 Å². The fourth-order valence-corrected chi connectivity index (χ4v) is 3.83. The molecule has 0 aliphatic rings. The van der Waals surface area contributed by atoms with E-state index in [0.29, 0.717) is 33.7 Å². The lowest BCUT2D eigenvalue weighted by atomic mass is 10.1. The Labute approximate surface area is 190 Å². The van der Waals surface area contributed by atoms with Gasteiger partial charge in [0.2, 0.25) is 5.91 Å². The molecule has 0 radical (unpaired) electrons. The van der Waals surface area contributed by atoms with Gasteiger partial charge >= 0.3 is 0 Å². The van der Waals surface area contributed by atoms with Crippen LogP contribution in [0.25, 0.3) is 5.69 Å². The molecule has 2 N–H and O–H groups in total. The van der Waals surface area contributed by atoms with Crippen molar-refractivity contribution in [2.45, 2.75) is 25.9 Å². The van der Waals surface area contributed by atoms with Crippen LogP contribution in [0.5, 0.6) is 5.75 Å². The van der Waals surface area contributed by atoms with Crippen molar-refractivity contribution in [1.82, 2.24) is 9.55 Å². The molecule has 1 aromatic heterocycles. The monoisotopic (exact) mass is 451 g/mol. The number of para-hydroxylation sites is 2. The van der Waals surface area contributed by atoms with E-state index in [2.05, 4.69) is 27.5 Å². The molecule has 0 aliphatic heterocycles. The zero-order valence-electron chi connectivity index (χ0n) is 18.4. The van der Waals surface area contributed by atoms with Crippen molar-refractivity contribution in [3.8, 4) is 11.4 Å². The minimum Gasteiger partial charge on any atom is -0.495 e. The van der Waals surface area contributed by atoms with Crippen LogP contribution in [0.2, 0.25) is 0 Å². The molecule has 3 rings (SSSR count). The number of hydrogen-bond donors (Lipinski definition) is 2. The van der Waals surface area contributed by atoms with Crippen molar-refractivity contribution < 1.29 is 9.53 Å². The SMILES string of the molecule is C=NNc1nc(SCC(=O)Nc2ccccc2OC)n(-c2ccc(C)c(C)c2)c(=O)c1C. The molecular weight excluding hydrogens is 426 g/mol. The van der Waals surface area contributed by atoms with Gasteiger partial charge in [0.15, 0.2) is 11.0 Å². The number of aryl methyl sites for hydroxylation is 2. The van der Waals surface area contributed by atoms with Crippen LogP contribution in [0.15, 0.2) is 57.5 Å². The number of amides is 1. The Morgan fingerprint density at radius 3 is 2.62 bits per heavy atom. The summed E-state index contributed by atoms with van der Waals surface area (Å²) in [5.74, 6) is 0.657. The van der Waals surface area contributed by atoms with Crippen molar-refractivity contribution in [2.24, 2.45) is 5.10 Å². The summed E-state index contributed by atoms with van der Waals surface area (Å²) in [6.07, 6.45) is 0. The fourth-order valence-electron chi connectivity index (χ4n) is 3.02. The molecule has 8 nitrogen and oxygen atoms in total. The van der Waals surface area contributed by atoms with Gasteiger partial charge in [-0.25, -0.2) is 4.98 Å². The zero-order chi connectivity index (χ0) is 23.3. The van der Waals surface area contributed by atoms with Crippen molar-refractivity contribution in [3.63, 3.8) is 0 Å². The van der Waals surface area contributed by atoms with E-state index in [0.717, 1.165) is 22.9 Å². The Morgan fingerprint density at radius 2 is 1.94 bits per heavy atom. The predicted molar refractivity (Wildman–Crippen MR) is 130 cm³/mol. The molecule has 0 aliphatic carbocycles. The number of carbonyl (C=O) groups is 1. The minimum absolute atomic E-state index is 0.0410. The van der Waals surface area contributed by atoms with Crippen LogP contribution >= 0.6 is 11.8 Å². The van der Waals surface area contributed by atoms with Gasteiger partial charge in [0.25, 0.3) is 5.56 Å². The van der Waals surface area contributed by atoms with Gasteiger partial charge in [0.05, 0.1) is 29.8 Å². The molecule has 0 spiro atoms. The lowest BCUT2D eigenvalue weighted by Crippen LogP contribution is -2.26. The third kappa shape index (κ3) is 5.00. The third-order valence-electron chi connectivity index (χ3n) is 4.92. The van der Waals surface area contributed by atoms with Crippen molar-refractivity contribution in [2.75, 3.05) is 23.6 Å². The lowest BCUT2D eigenvalue weighted by Gasteiger charge is -2.16. The van der Waals surface area contributed by atoms with Crippen LogP contribution in [0.1, 0.15) is 16.7 Å². The highest BCUT2D eigenvalue weighted by molar-refractivity contribution is 7.99. The highest BCUT2D eigenvalue weighted by Gasteiger charge is 2.17. The minimum atomic E-state index is -0.252. The number of nitrogens with one attached hydrogen (secondary N) is 2. The highest BCUT2D eigenvalue weighted by atomic mass is 32.2. The van der Waals surface area contributed by atoms with Gasteiger partial charge in [-0.2, -0.15) is 5.10 Å². The quantitative estimate of drug-likeness (QED) is 0.233. The first-order chi connectivity index (χ1) is 15.3. The molecule has 0 saturated carbocycles. The van der Waals surface area contributed by atoms with Gasteiger partial charge in [-0.15, -0.1) is 0 Å². The predicted octanol–water partition coefficient (Wildman–Crippen LogP) is 3.92. The second-order valence-electron chi connectivity index (χ2n) is 7.08. The molecule has 0 fully saturated rings. The number of rotatable bonds is 8. The second kappa shape index (κ2) is 10.1. The molecule has 32 heavy (non-hydrogen) atoms. The number of ether oxygens (including phenoxy) is 1. The number of hydrazone groups is 1. The van der Waals surface area contributed by atoms with Crippen molar-refractivity contribution in [1.29, 1.82) is 0 Å². The van der Waals surface area contributed by atoms with Crippen molar-refractivity contribution in [3.05, 3.63) is 69.5 Å². The number of nitrogens with zero attached hydrogens (tertiary/aromatic N) is 3. The number of benzene rings is 2. The highest BCUT2D eigenvalue weighted by Crippen LogP contribution is 2.26. The summed E-state index contributed by atoms with van der Waals surface area (Å²) in [5, 5.41) is 6.83. The Balaban J connectivity index is 1.95. The van der Waals surface area contributed by atoms with E-state index >= 15 is 0 Å². The summed E-state index contributed by atoms with van der Waals surface area (Å²) in [7, 11) is 1.54. The van der Waals surface area contributed by atoms with Crippen LogP contribution < -0.4 is 21.0 Å². The van der Waals surface area contributed by atoms with E-state index in [1.54, 1.807) is 26.2 Å². The number of anilines is 2. The van der Waals surface area contributed by atoms with E-state index in [-0.39, 0.29) is 17.2 Å². The topological polar surface area (TPSA) is 97.6 Å². The summed E-state index contributed by atoms with van der Waals surface area (Å²) in [6, 6.07) is 12.9. The van der Waals surface area contributed by atoms with E-state index < -0.39 is 0 Å². The van der Waals surface area contributed by atoms with Gasteiger partial charge in [0, 0.05) is 6.72 Å². The van der Waals surface area contributed by atoms with E-state index in [1.165, 1.54) is 4.57 Å².